The first kappa shape index (κ1) is 20.3. The fourth-order valence-corrected chi connectivity index (χ4v) is 4.71. The largest absolute Gasteiger partial charge is 0.310 e. The molecule has 0 fully saturated rings. The fourth-order valence-electron chi connectivity index (χ4n) is 3.25. The minimum atomic E-state index is -0.520. The molecule has 5 nitrogen and oxygen atoms in total. The van der Waals surface area contributed by atoms with Crippen LogP contribution < -0.4 is 10.9 Å². The average molecular weight is 467 g/mol. The fraction of sp³-hybridized carbons (Fsp3) is 0.150. The van der Waals surface area contributed by atoms with Crippen LogP contribution in [0.1, 0.15) is 29.0 Å². The number of nitrogens with one attached hydrogen (secondary N) is 2. The van der Waals surface area contributed by atoms with Crippen molar-refractivity contribution in [2.75, 3.05) is 5.32 Å². The molecule has 0 spiro atoms. The zero-order valence-electron chi connectivity index (χ0n) is 14.8. The molecule has 0 bridgehead atoms. The Hall–Kier alpha value is -1.99. The number of anilines is 1. The smallest absolute Gasteiger partial charge is 0.257 e. The minimum absolute atomic E-state index is 0.0901. The van der Waals surface area contributed by atoms with Crippen LogP contribution in [-0.2, 0) is 10.5 Å². The summed E-state index contributed by atoms with van der Waals surface area (Å²) in [5.74, 6) is 0.0648. The number of nitrogens with zero attached hydrogens (tertiary/aromatic N) is 1. The van der Waals surface area contributed by atoms with Gasteiger partial charge in [-0.3, -0.25) is 9.59 Å². The third kappa shape index (κ3) is 4.31. The molecule has 1 aliphatic heterocycles. The number of hydrogen-bond acceptors (Lipinski definition) is 4. The van der Waals surface area contributed by atoms with E-state index < -0.39 is 5.92 Å². The van der Waals surface area contributed by atoms with Crippen LogP contribution in [0.3, 0.4) is 0 Å². The second kappa shape index (κ2) is 8.40. The van der Waals surface area contributed by atoms with Crippen LogP contribution in [0.2, 0.25) is 15.1 Å². The SMILES string of the molecule is O=C1CC(c2cccc(Cl)c2Cl)c2c(nc(SCc3cccc(Cl)c3)[nH]c2=O)N1. The Morgan fingerprint density at radius 2 is 1.90 bits per heavy atom. The molecule has 148 valence electrons. The molecule has 1 atom stereocenters. The molecule has 1 unspecified atom stereocenters. The summed E-state index contributed by atoms with van der Waals surface area (Å²) < 4.78 is 0. The number of carbonyl (C=O) groups excluding carboxylic acids is 1. The zero-order chi connectivity index (χ0) is 20.5. The van der Waals surface area contributed by atoms with E-state index in [1.165, 1.54) is 11.8 Å². The molecule has 0 radical (unpaired) electrons. The lowest BCUT2D eigenvalue weighted by atomic mass is 9.87. The van der Waals surface area contributed by atoms with Gasteiger partial charge in [0.2, 0.25) is 5.91 Å². The first-order chi connectivity index (χ1) is 13.9. The first-order valence-corrected chi connectivity index (χ1v) is 10.8. The number of halogens is 3. The topological polar surface area (TPSA) is 74.8 Å². The predicted molar refractivity (Wildman–Crippen MR) is 117 cm³/mol. The number of H-pyrrole nitrogens is 1. The molecule has 1 aliphatic rings. The van der Waals surface area contributed by atoms with Crippen LogP contribution in [0.15, 0.2) is 52.4 Å². The quantitative estimate of drug-likeness (QED) is 0.393. The maximum Gasteiger partial charge on any atom is 0.257 e. The number of aromatic nitrogens is 2. The normalized spacial score (nSPS) is 15.7. The molecule has 2 heterocycles. The van der Waals surface area contributed by atoms with E-state index >= 15 is 0 Å². The molecular formula is C20H14Cl3N3O2S. The van der Waals surface area contributed by atoms with E-state index in [2.05, 4.69) is 15.3 Å². The van der Waals surface area contributed by atoms with Crippen molar-refractivity contribution in [3.63, 3.8) is 0 Å². The molecule has 29 heavy (non-hydrogen) atoms. The number of hydrogen-bond donors (Lipinski definition) is 2. The average Bonchev–Trinajstić information content (AvgIpc) is 2.67. The monoisotopic (exact) mass is 465 g/mol. The van der Waals surface area contributed by atoms with Gasteiger partial charge in [0.1, 0.15) is 5.82 Å². The van der Waals surface area contributed by atoms with Crippen LogP contribution >= 0.6 is 46.6 Å². The van der Waals surface area contributed by atoms with E-state index in [-0.39, 0.29) is 23.7 Å². The van der Waals surface area contributed by atoms with Gasteiger partial charge in [-0.2, -0.15) is 0 Å². The Bertz CT molecular complexity index is 1170. The van der Waals surface area contributed by atoms with Crippen molar-refractivity contribution < 1.29 is 4.79 Å². The summed E-state index contributed by atoms with van der Waals surface area (Å²) >= 11 is 19.8. The summed E-state index contributed by atoms with van der Waals surface area (Å²) in [6.45, 7) is 0. The van der Waals surface area contributed by atoms with Crippen molar-refractivity contribution in [3.8, 4) is 0 Å². The lowest BCUT2D eigenvalue weighted by molar-refractivity contribution is -0.116. The van der Waals surface area contributed by atoms with Crippen LogP contribution in [0.25, 0.3) is 0 Å². The number of carbonyl (C=O) groups is 1. The van der Waals surface area contributed by atoms with Gasteiger partial charge < -0.3 is 10.3 Å². The summed E-state index contributed by atoms with van der Waals surface area (Å²) in [6.07, 6.45) is 0.0901. The summed E-state index contributed by atoms with van der Waals surface area (Å²) in [6, 6.07) is 12.6. The summed E-state index contributed by atoms with van der Waals surface area (Å²) in [5, 5.41) is 4.46. The Labute approximate surface area is 185 Å². The molecule has 0 saturated carbocycles. The van der Waals surface area contributed by atoms with Gasteiger partial charge in [0.25, 0.3) is 5.56 Å². The van der Waals surface area contributed by atoms with Crippen LogP contribution in [-0.4, -0.2) is 15.9 Å². The van der Waals surface area contributed by atoms with Crippen molar-refractivity contribution in [2.45, 2.75) is 23.2 Å². The summed E-state index contributed by atoms with van der Waals surface area (Å²) in [5.41, 5.74) is 1.68. The van der Waals surface area contributed by atoms with E-state index in [0.29, 0.717) is 37.1 Å². The molecule has 0 saturated heterocycles. The zero-order valence-corrected chi connectivity index (χ0v) is 17.9. The highest BCUT2D eigenvalue weighted by molar-refractivity contribution is 7.98. The molecule has 9 heteroatoms. The Morgan fingerprint density at radius 1 is 1.10 bits per heavy atom. The van der Waals surface area contributed by atoms with Gasteiger partial charge in [0, 0.05) is 23.1 Å². The Morgan fingerprint density at radius 3 is 2.69 bits per heavy atom. The van der Waals surface area contributed by atoms with E-state index in [1.54, 1.807) is 24.3 Å². The van der Waals surface area contributed by atoms with Crippen molar-refractivity contribution in [1.29, 1.82) is 0 Å². The van der Waals surface area contributed by atoms with Crippen molar-refractivity contribution in [2.24, 2.45) is 0 Å². The predicted octanol–water partition coefficient (Wildman–Crippen LogP) is 5.50. The summed E-state index contributed by atoms with van der Waals surface area (Å²) in [7, 11) is 0. The van der Waals surface area contributed by atoms with Gasteiger partial charge in [-0.05, 0) is 29.3 Å². The minimum Gasteiger partial charge on any atom is -0.310 e. The number of thioether (sulfide) groups is 1. The number of benzene rings is 2. The van der Waals surface area contributed by atoms with Gasteiger partial charge in [-0.15, -0.1) is 0 Å². The van der Waals surface area contributed by atoms with Crippen molar-refractivity contribution in [3.05, 3.63) is 84.6 Å². The molecule has 0 aliphatic carbocycles. The molecule has 1 aromatic heterocycles. The highest BCUT2D eigenvalue weighted by Gasteiger charge is 2.32. The molecular weight excluding hydrogens is 453 g/mol. The Kier molecular flexibility index (Phi) is 5.88. The standard InChI is InChI=1S/C20H14Cl3N3O2S/c21-11-4-1-3-10(7-11)9-29-20-25-18-16(19(28)26-20)13(8-15(27)24-18)12-5-2-6-14(22)17(12)23/h1-7,13H,8-9H2,(H2,24,25,26,27,28). The van der Waals surface area contributed by atoms with Gasteiger partial charge >= 0.3 is 0 Å². The lowest BCUT2D eigenvalue weighted by Gasteiger charge is -2.25. The molecule has 2 aromatic carbocycles. The second-order valence-electron chi connectivity index (χ2n) is 6.50. The first-order valence-electron chi connectivity index (χ1n) is 8.67. The lowest BCUT2D eigenvalue weighted by Crippen LogP contribution is -2.31. The van der Waals surface area contributed by atoms with E-state index in [4.69, 9.17) is 34.8 Å². The van der Waals surface area contributed by atoms with Crippen molar-refractivity contribution >= 4 is 58.3 Å². The number of amides is 1. The molecule has 3 aromatic rings. The van der Waals surface area contributed by atoms with Crippen LogP contribution in [0.4, 0.5) is 5.82 Å². The van der Waals surface area contributed by atoms with Gasteiger partial charge in [-0.1, -0.05) is 70.8 Å². The Balaban J connectivity index is 1.69. The summed E-state index contributed by atoms with van der Waals surface area (Å²) in [4.78, 5) is 32.4. The third-order valence-corrected chi connectivity index (χ3v) is 6.56. The van der Waals surface area contributed by atoms with Gasteiger partial charge in [0.05, 0.1) is 15.6 Å². The highest BCUT2D eigenvalue weighted by Crippen LogP contribution is 2.39. The molecule has 1 amide bonds. The van der Waals surface area contributed by atoms with Crippen LogP contribution in [0.5, 0.6) is 0 Å². The molecule has 4 rings (SSSR count). The van der Waals surface area contributed by atoms with E-state index in [9.17, 15) is 9.59 Å². The second-order valence-corrected chi connectivity index (χ2v) is 8.69. The highest BCUT2D eigenvalue weighted by atomic mass is 35.5. The van der Waals surface area contributed by atoms with Gasteiger partial charge in [0.15, 0.2) is 5.16 Å². The number of aromatic amines is 1. The number of fused-ring (bicyclic) bond motifs is 1. The van der Waals surface area contributed by atoms with Gasteiger partial charge in [-0.25, -0.2) is 4.98 Å². The van der Waals surface area contributed by atoms with Crippen LogP contribution in [0, 0.1) is 0 Å². The maximum absolute atomic E-state index is 12.9. The van der Waals surface area contributed by atoms with Crippen molar-refractivity contribution in [1.82, 2.24) is 9.97 Å². The third-order valence-electron chi connectivity index (χ3n) is 4.55. The van der Waals surface area contributed by atoms with E-state index in [1.807, 2.05) is 18.2 Å². The molecule has 2 N–H and O–H groups in total. The number of rotatable bonds is 4. The maximum atomic E-state index is 12.9. The van der Waals surface area contributed by atoms with E-state index in [0.717, 1.165) is 5.56 Å².